The van der Waals surface area contributed by atoms with Crippen molar-refractivity contribution in [2.75, 3.05) is 14.2 Å². The van der Waals surface area contributed by atoms with Crippen molar-refractivity contribution < 1.29 is 19.1 Å². The van der Waals surface area contributed by atoms with Gasteiger partial charge in [-0.2, -0.15) is 0 Å². The first kappa shape index (κ1) is 15.4. The lowest BCUT2D eigenvalue weighted by atomic mass is 10.1. The van der Waals surface area contributed by atoms with E-state index >= 15 is 0 Å². The van der Waals surface area contributed by atoms with Gasteiger partial charge in [-0.15, -0.1) is 0 Å². The average molecular weight is 330 g/mol. The predicted molar refractivity (Wildman–Crippen MR) is 87.7 cm³/mol. The maximum absolute atomic E-state index is 12.0. The molecule has 3 rings (SSSR count). The van der Waals surface area contributed by atoms with Gasteiger partial charge in [0.1, 0.15) is 6.54 Å². The topological polar surface area (TPSA) is 68.6 Å². The molecule has 1 aromatic carbocycles. The minimum atomic E-state index is -0.355. The second-order valence-electron chi connectivity index (χ2n) is 5.05. The van der Waals surface area contributed by atoms with Gasteiger partial charge in [0.2, 0.25) is 0 Å². The maximum atomic E-state index is 12.0. The Kier molecular flexibility index (Phi) is 3.96. The molecule has 0 spiro atoms. The van der Waals surface area contributed by atoms with Crippen molar-refractivity contribution >= 4 is 45.9 Å². The van der Waals surface area contributed by atoms with Crippen molar-refractivity contribution in [2.24, 2.45) is 0 Å². The first-order valence-corrected chi connectivity index (χ1v) is 7.69. The van der Waals surface area contributed by atoms with E-state index in [1.165, 1.54) is 14.2 Å². The minimum absolute atomic E-state index is 0.0834. The number of likely N-dealkylation sites (N-methyl/N-ethyl adjacent to an activating group) is 1. The number of esters is 1. The van der Waals surface area contributed by atoms with E-state index in [1.807, 2.05) is 24.3 Å². The number of fused-ring (bicyclic) bond motifs is 1. The summed E-state index contributed by atoms with van der Waals surface area (Å²) < 4.78 is 6.47. The summed E-state index contributed by atoms with van der Waals surface area (Å²) in [7, 11) is 2.80. The SMILES string of the molecule is COC(=O)Cn1cc(/C=C2/SC(=O)N(C)C2=O)c2ccccc21. The van der Waals surface area contributed by atoms with Crippen LogP contribution < -0.4 is 0 Å². The van der Waals surface area contributed by atoms with Crippen molar-refractivity contribution in [1.82, 2.24) is 9.47 Å². The lowest BCUT2D eigenvalue weighted by molar-refractivity contribution is -0.141. The first-order valence-electron chi connectivity index (χ1n) is 6.87. The molecular formula is C16H14N2O4S. The number of methoxy groups -OCH3 is 1. The van der Waals surface area contributed by atoms with E-state index < -0.39 is 0 Å². The molecule has 1 aromatic heterocycles. The zero-order valence-corrected chi connectivity index (χ0v) is 13.4. The van der Waals surface area contributed by atoms with Gasteiger partial charge in [0, 0.05) is 29.7 Å². The highest BCUT2D eigenvalue weighted by Crippen LogP contribution is 2.33. The van der Waals surface area contributed by atoms with E-state index in [1.54, 1.807) is 16.8 Å². The highest BCUT2D eigenvalue weighted by molar-refractivity contribution is 8.18. The Labute approximate surface area is 136 Å². The van der Waals surface area contributed by atoms with Gasteiger partial charge < -0.3 is 9.30 Å². The van der Waals surface area contributed by atoms with E-state index in [0.717, 1.165) is 33.1 Å². The number of amides is 2. The lowest BCUT2D eigenvalue weighted by Crippen LogP contribution is -2.22. The van der Waals surface area contributed by atoms with Crippen molar-refractivity contribution in [3.05, 3.63) is 40.9 Å². The fourth-order valence-electron chi connectivity index (χ4n) is 2.41. The van der Waals surface area contributed by atoms with Crippen LogP contribution in [0.15, 0.2) is 35.4 Å². The highest BCUT2D eigenvalue weighted by atomic mass is 32.2. The summed E-state index contributed by atoms with van der Waals surface area (Å²) in [5, 5.41) is 0.610. The number of rotatable bonds is 3. The van der Waals surface area contributed by atoms with E-state index in [-0.39, 0.29) is 23.7 Å². The molecular weight excluding hydrogens is 316 g/mol. The zero-order chi connectivity index (χ0) is 16.6. The molecule has 1 fully saturated rings. The van der Waals surface area contributed by atoms with E-state index in [9.17, 15) is 14.4 Å². The largest absolute Gasteiger partial charge is 0.468 e. The average Bonchev–Trinajstić information content (AvgIpc) is 3.01. The zero-order valence-electron chi connectivity index (χ0n) is 12.6. The van der Waals surface area contributed by atoms with Gasteiger partial charge in [-0.05, 0) is 23.9 Å². The second-order valence-corrected chi connectivity index (χ2v) is 6.04. The molecule has 1 aliphatic rings. The Balaban J connectivity index is 2.07. The summed E-state index contributed by atoms with van der Waals surface area (Å²) in [6, 6.07) is 7.56. The van der Waals surface area contributed by atoms with Crippen molar-refractivity contribution in [3.63, 3.8) is 0 Å². The molecule has 118 valence electrons. The third kappa shape index (κ3) is 2.75. The van der Waals surface area contributed by atoms with Gasteiger partial charge in [0.05, 0.1) is 12.0 Å². The fourth-order valence-corrected chi connectivity index (χ4v) is 3.23. The number of benzene rings is 1. The lowest BCUT2D eigenvalue weighted by Gasteiger charge is -2.02. The second kappa shape index (κ2) is 5.92. The van der Waals surface area contributed by atoms with E-state index in [0.29, 0.717) is 4.91 Å². The van der Waals surface area contributed by atoms with E-state index in [4.69, 9.17) is 4.74 Å². The van der Waals surface area contributed by atoms with Crippen LogP contribution in [0.5, 0.6) is 0 Å². The highest BCUT2D eigenvalue weighted by Gasteiger charge is 2.32. The molecule has 6 nitrogen and oxygen atoms in total. The molecule has 23 heavy (non-hydrogen) atoms. The molecule has 0 bridgehead atoms. The predicted octanol–water partition coefficient (Wildman–Crippen LogP) is 2.48. The maximum Gasteiger partial charge on any atom is 0.325 e. The monoisotopic (exact) mass is 330 g/mol. The number of para-hydroxylation sites is 1. The van der Waals surface area contributed by atoms with Crippen molar-refractivity contribution in [2.45, 2.75) is 6.54 Å². The van der Waals surface area contributed by atoms with Crippen LogP contribution in [0.3, 0.4) is 0 Å². The molecule has 0 atom stereocenters. The Hall–Kier alpha value is -2.54. The first-order chi connectivity index (χ1) is 11.0. The van der Waals surface area contributed by atoms with Gasteiger partial charge in [-0.25, -0.2) is 0 Å². The summed E-state index contributed by atoms with van der Waals surface area (Å²) in [6.45, 7) is 0.0834. The van der Waals surface area contributed by atoms with Crippen LogP contribution in [-0.2, 0) is 20.9 Å². The smallest absolute Gasteiger partial charge is 0.325 e. The van der Waals surface area contributed by atoms with Gasteiger partial charge in [-0.3, -0.25) is 19.3 Å². The molecule has 2 amide bonds. The van der Waals surface area contributed by atoms with Gasteiger partial charge in [0.25, 0.3) is 11.1 Å². The molecule has 2 heterocycles. The normalized spacial score (nSPS) is 16.6. The third-order valence-electron chi connectivity index (χ3n) is 3.62. The number of ether oxygens (including phenoxy) is 1. The van der Waals surface area contributed by atoms with Crippen LogP contribution in [0.25, 0.3) is 17.0 Å². The fraction of sp³-hybridized carbons (Fsp3) is 0.188. The van der Waals surface area contributed by atoms with Crippen molar-refractivity contribution in [3.8, 4) is 0 Å². The van der Waals surface area contributed by atoms with E-state index in [2.05, 4.69) is 0 Å². The van der Waals surface area contributed by atoms with Gasteiger partial charge in [0.15, 0.2) is 0 Å². The number of thioether (sulfide) groups is 1. The van der Waals surface area contributed by atoms with Crippen molar-refractivity contribution in [1.29, 1.82) is 0 Å². The summed E-state index contributed by atoms with van der Waals surface area (Å²) in [6.07, 6.45) is 3.47. The summed E-state index contributed by atoms with van der Waals surface area (Å²) >= 11 is 0.910. The van der Waals surface area contributed by atoms with Crippen LogP contribution >= 0.6 is 11.8 Å². The molecule has 1 aliphatic heterocycles. The number of imide groups is 1. The van der Waals surface area contributed by atoms with Crippen LogP contribution in [0.4, 0.5) is 4.79 Å². The molecule has 0 N–H and O–H groups in total. The number of carbonyl (C=O) groups is 3. The molecule has 0 aliphatic carbocycles. The summed E-state index contributed by atoms with van der Waals surface area (Å²) in [5.74, 6) is -0.670. The number of hydrogen-bond acceptors (Lipinski definition) is 5. The Morgan fingerprint density at radius 3 is 2.70 bits per heavy atom. The Morgan fingerprint density at radius 1 is 1.30 bits per heavy atom. The van der Waals surface area contributed by atoms with Crippen LogP contribution in [-0.4, -0.2) is 40.7 Å². The minimum Gasteiger partial charge on any atom is -0.468 e. The summed E-state index contributed by atoms with van der Waals surface area (Å²) in [4.78, 5) is 36.6. The number of hydrogen-bond donors (Lipinski definition) is 0. The van der Waals surface area contributed by atoms with Crippen LogP contribution in [0.1, 0.15) is 5.56 Å². The molecule has 0 unspecified atom stereocenters. The molecule has 7 heteroatoms. The quantitative estimate of drug-likeness (QED) is 0.639. The number of carbonyl (C=O) groups excluding carboxylic acids is 3. The third-order valence-corrected chi connectivity index (χ3v) is 4.58. The molecule has 0 saturated carbocycles. The number of nitrogens with zero attached hydrogens (tertiary/aromatic N) is 2. The standard InChI is InChI=1S/C16H14N2O4S/c1-17-15(20)13(23-16(17)21)7-10-8-18(9-14(19)22-2)12-6-4-3-5-11(10)12/h3-8H,9H2,1-2H3/b13-7+. The molecule has 2 aromatic rings. The summed E-state index contributed by atoms with van der Waals surface area (Å²) in [5.41, 5.74) is 1.64. The van der Waals surface area contributed by atoms with Crippen LogP contribution in [0.2, 0.25) is 0 Å². The molecule has 1 saturated heterocycles. The van der Waals surface area contributed by atoms with Crippen LogP contribution in [0, 0.1) is 0 Å². The molecule has 0 radical (unpaired) electrons. The van der Waals surface area contributed by atoms with Gasteiger partial charge in [-0.1, -0.05) is 18.2 Å². The Bertz CT molecular complexity index is 853. The Morgan fingerprint density at radius 2 is 2.04 bits per heavy atom. The van der Waals surface area contributed by atoms with Gasteiger partial charge >= 0.3 is 5.97 Å². The number of aromatic nitrogens is 1.